The molecule has 5 heteroatoms. The number of rotatable bonds is 4. The number of carbonyl (C=O) groups is 1. The van der Waals surface area contributed by atoms with Crippen LogP contribution in [0, 0.1) is 0 Å². The number of nitrogens with zero attached hydrogens (tertiary/aromatic N) is 1. The van der Waals surface area contributed by atoms with E-state index >= 15 is 0 Å². The van der Waals surface area contributed by atoms with Crippen molar-refractivity contribution in [2.75, 3.05) is 32.5 Å². The number of hydrogen-bond donors (Lipinski definition) is 2. The fraction of sp³-hybridized carbons (Fsp3) is 0.562. The van der Waals surface area contributed by atoms with Crippen LogP contribution in [0.25, 0.3) is 0 Å². The van der Waals surface area contributed by atoms with Crippen molar-refractivity contribution in [3.8, 4) is 0 Å². The number of hydrogen-bond acceptors (Lipinski definition) is 4. The highest BCUT2D eigenvalue weighted by Gasteiger charge is 2.33. The van der Waals surface area contributed by atoms with Gasteiger partial charge in [-0.1, -0.05) is 12.1 Å². The molecule has 0 bridgehead atoms. The molecule has 0 spiro atoms. The number of ether oxygens (including phenoxy) is 1. The first-order chi connectivity index (χ1) is 9.91. The number of nitrogen functional groups attached to an aromatic ring is 1. The van der Waals surface area contributed by atoms with Gasteiger partial charge in [0.05, 0.1) is 11.5 Å². The number of anilines is 1. The third kappa shape index (κ3) is 3.95. The summed E-state index contributed by atoms with van der Waals surface area (Å²) in [6, 6.07) is 7.37. The fourth-order valence-corrected chi connectivity index (χ4v) is 2.73. The lowest BCUT2D eigenvalue weighted by Gasteiger charge is -2.36. The molecule has 1 fully saturated rings. The first-order valence-electron chi connectivity index (χ1n) is 7.32. The normalized spacial score (nSPS) is 19.0. The summed E-state index contributed by atoms with van der Waals surface area (Å²) in [5, 5.41) is 10.5. The summed E-state index contributed by atoms with van der Waals surface area (Å²) in [5.41, 5.74) is 6.47. The van der Waals surface area contributed by atoms with Crippen LogP contribution in [0.5, 0.6) is 0 Å². The fourth-order valence-electron chi connectivity index (χ4n) is 2.73. The smallest absolute Gasteiger partial charge is 0.229 e. The van der Waals surface area contributed by atoms with Crippen molar-refractivity contribution in [2.24, 2.45) is 0 Å². The molecule has 1 aromatic carbocycles. The average Bonchev–Trinajstić information content (AvgIpc) is 2.46. The first-order valence-corrected chi connectivity index (χ1v) is 7.32. The van der Waals surface area contributed by atoms with E-state index < -0.39 is 5.60 Å². The Bertz CT molecular complexity index is 498. The molecule has 0 aliphatic carbocycles. The van der Waals surface area contributed by atoms with Crippen LogP contribution in [0.4, 0.5) is 5.69 Å². The Morgan fingerprint density at radius 2 is 2.14 bits per heavy atom. The standard InChI is InChI=1S/C16H24N2O3/c1-12(13-4-3-5-14(17)10-13)15(19)18(2)11-16(20)6-8-21-9-7-16/h3-5,10,12,20H,6-9,11,17H2,1-2H3. The van der Waals surface area contributed by atoms with Gasteiger partial charge in [-0.15, -0.1) is 0 Å². The van der Waals surface area contributed by atoms with Crippen LogP contribution < -0.4 is 5.73 Å². The average molecular weight is 292 g/mol. The summed E-state index contributed by atoms with van der Waals surface area (Å²) in [4.78, 5) is 14.1. The van der Waals surface area contributed by atoms with E-state index in [1.54, 1.807) is 18.0 Å². The lowest BCUT2D eigenvalue weighted by molar-refractivity contribution is -0.137. The minimum Gasteiger partial charge on any atom is -0.399 e. The molecule has 1 aromatic rings. The van der Waals surface area contributed by atoms with Crippen LogP contribution in [0.1, 0.15) is 31.2 Å². The summed E-state index contributed by atoms with van der Waals surface area (Å²) < 4.78 is 5.26. The second-order valence-corrected chi connectivity index (χ2v) is 5.92. The zero-order chi connectivity index (χ0) is 15.5. The van der Waals surface area contributed by atoms with Crippen LogP contribution >= 0.6 is 0 Å². The second kappa shape index (κ2) is 6.45. The van der Waals surface area contributed by atoms with Crippen LogP contribution in [-0.2, 0) is 9.53 Å². The Kier molecular flexibility index (Phi) is 4.85. The summed E-state index contributed by atoms with van der Waals surface area (Å²) in [6.45, 7) is 3.29. The number of benzene rings is 1. The Morgan fingerprint density at radius 1 is 1.48 bits per heavy atom. The molecule has 1 heterocycles. The van der Waals surface area contributed by atoms with Crippen molar-refractivity contribution in [3.05, 3.63) is 29.8 Å². The summed E-state index contributed by atoms with van der Waals surface area (Å²) in [5.74, 6) is -0.289. The van der Waals surface area contributed by atoms with Crippen molar-refractivity contribution in [1.29, 1.82) is 0 Å². The maximum atomic E-state index is 12.5. The molecular weight excluding hydrogens is 268 g/mol. The maximum Gasteiger partial charge on any atom is 0.229 e. The highest BCUT2D eigenvalue weighted by atomic mass is 16.5. The monoisotopic (exact) mass is 292 g/mol. The van der Waals surface area contributed by atoms with Gasteiger partial charge < -0.3 is 20.5 Å². The molecule has 1 aliphatic heterocycles. The lowest BCUT2D eigenvalue weighted by Crippen LogP contribution is -2.48. The zero-order valence-corrected chi connectivity index (χ0v) is 12.7. The third-order valence-electron chi connectivity index (χ3n) is 4.11. The molecule has 1 aliphatic rings. The molecule has 0 aromatic heterocycles. The maximum absolute atomic E-state index is 12.5. The number of amides is 1. The van der Waals surface area contributed by atoms with E-state index in [2.05, 4.69) is 0 Å². The number of nitrogens with two attached hydrogens (primary N) is 1. The number of aliphatic hydroxyl groups is 1. The molecule has 1 saturated heterocycles. The van der Waals surface area contributed by atoms with Gasteiger partial charge in [-0.25, -0.2) is 0 Å². The minimum absolute atomic E-state index is 0.0134. The topological polar surface area (TPSA) is 75.8 Å². The summed E-state index contributed by atoms with van der Waals surface area (Å²) >= 11 is 0. The largest absolute Gasteiger partial charge is 0.399 e. The third-order valence-corrected chi connectivity index (χ3v) is 4.11. The molecule has 3 N–H and O–H groups in total. The van der Waals surface area contributed by atoms with Crippen molar-refractivity contribution in [2.45, 2.75) is 31.3 Å². The van der Waals surface area contributed by atoms with Gasteiger partial charge in [0.2, 0.25) is 5.91 Å². The van der Waals surface area contributed by atoms with Gasteiger partial charge in [-0.2, -0.15) is 0 Å². The Balaban J connectivity index is 2.01. The summed E-state index contributed by atoms with van der Waals surface area (Å²) in [6.07, 6.45) is 1.13. The Morgan fingerprint density at radius 3 is 2.76 bits per heavy atom. The number of carbonyl (C=O) groups excluding carboxylic acids is 1. The minimum atomic E-state index is -0.835. The zero-order valence-electron chi connectivity index (χ0n) is 12.7. The van der Waals surface area contributed by atoms with Crippen molar-refractivity contribution in [1.82, 2.24) is 4.90 Å². The second-order valence-electron chi connectivity index (χ2n) is 5.92. The van der Waals surface area contributed by atoms with Gasteiger partial charge in [0.1, 0.15) is 0 Å². The van der Waals surface area contributed by atoms with Crippen LogP contribution in [0.15, 0.2) is 24.3 Å². The van der Waals surface area contributed by atoms with Crippen molar-refractivity contribution in [3.63, 3.8) is 0 Å². The van der Waals surface area contributed by atoms with Crippen molar-refractivity contribution >= 4 is 11.6 Å². The van der Waals surface area contributed by atoms with Gasteiger partial charge in [0.25, 0.3) is 0 Å². The highest BCUT2D eigenvalue weighted by Crippen LogP contribution is 2.24. The molecule has 1 amide bonds. The van der Waals surface area contributed by atoms with Gasteiger partial charge in [-0.05, 0) is 24.6 Å². The van der Waals surface area contributed by atoms with Gasteiger partial charge in [-0.3, -0.25) is 4.79 Å². The molecule has 0 radical (unpaired) electrons. The molecular formula is C16H24N2O3. The van der Waals surface area contributed by atoms with E-state index in [9.17, 15) is 9.90 Å². The molecule has 5 nitrogen and oxygen atoms in total. The van der Waals surface area contributed by atoms with Crippen LogP contribution in [0.3, 0.4) is 0 Å². The van der Waals surface area contributed by atoms with E-state index in [1.807, 2.05) is 25.1 Å². The summed E-state index contributed by atoms with van der Waals surface area (Å²) in [7, 11) is 1.73. The quantitative estimate of drug-likeness (QED) is 0.822. The molecule has 1 unspecified atom stereocenters. The predicted octanol–water partition coefficient (Wildman–Crippen LogP) is 1.37. The lowest BCUT2D eigenvalue weighted by atomic mass is 9.92. The van der Waals surface area contributed by atoms with Gasteiger partial charge >= 0.3 is 0 Å². The molecule has 1 atom stereocenters. The Labute approximate surface area is 125 Å². The highest BCUT2D eigenvalue weighted by molar-refractivity contribution is 5.83. The molecule has 0 saturated carbocycles. The van der Waals surface area contributed by atoms with E-state index in [1.165, 1.54) is 0 Å². The van der Waals surface area contributed by atoms with E-state index in [0.717, 1.165) is 5.56 Å². The molecule has 21 heavy (non-hydrogen) atoms. The van der Waals surface area contributed by atoms with Gasteiger partial charge in [0, 0.05) is 45.3 Å². The SMILES string of the molecule is CC(C(=O)N(C)CC1(O)CCOCC1)c1cccc(N)c1. The van der Waals surface area contributed by atoms with E-state index in [-0.39, 0.29) is 11.8 Å². The van der Waals surface area contributed by atoms with E-state index in [4.69, 9.17) is 10.5 Å². The molecule has 116 valence electrons. The number of likely N-dealkylation sites (N-methyl/N-ethyl adjacent to an activating group) is 1. The molecule has 2 rings (SSSR count). The van der Waals surface area contributed by atoms with Gasteiger partial charge in [0.15, 0.2) is 0 Å². The predicted molar refractivity (Wildman–Crippen MR) is 81.9 cm³/mol. The van der Waals surface area contributed by atoms with Crippen molar-refractivity contribution < 1.29 is 14.6 Å². The van der Waals surface area contributed by atoms with Crippen LogP contribution in [0.2, 0.25) is 0 Å². The van der Waals surface area contributed by atoms with Crippen LogP contribution in [-0.4, -0.2) is 48.3 Å². The Hall–Kier alpha value is -1.59. The van der Waals surface area contributed by atoms with E-state index in [0.29, 0.717) is 38.3 Å². The first kappa shape index (κ1) is 15.8.